The zero-order chi connectivity index (χ0) is 35.6. The van der Waals surface area contributed by atoms with Gasteiger partial charge >= 0.3 is 11.9 Å². The Morgan fingerprint density at radius 1 is 0.540 bits per heavy atom. The van der Waals surface area contributed by atoms with Gasteiger partial charge in [0, 0.05) is 25.3 Å². The Labute approximate surface area is 290 Å². The lowest BCUT2D eigenvalue weighted by Crippen LogP contribution is -2.39. The van der Waals surface area contributed by atoms with Crippen LogP contribution in [0.1, 0.15) is 31.8 Å². The Balaban J connectivity index is 1.82. The van der Waals surface area contributed by atoms with Crippen molar-refractivity contribution in [2.75, 3.05) is 55.9 Å². The summed E-state index contributed by atoms with van der Waals surface area (Å²) in [5.74, 6) is -0.735. The van der Waals surface area contributed by atoms with Gasteiger partial charge < -0.3 is 47.4 Å². The average molecular weight is 689 g/mol. The Morgan fingerprint density at radius 3 is 1.24 bits per heavy atom. The number of carbonyl (C=O) groups is 2. The Kier molecular flexibility index (Phi) is 12.0. The van der Waals surface area contributed by atoms with Crippen LogP contribution in [0.4, 0.5) is 0 Å². The van der Waals surface area contributed by atoms with E-state index in [1.54, 1.807) is 0 Å². The highest BCUT2D eigenvalue weighted by atomic mass is 16.6. The largest absolute Gasteiger partial charge is 0.493 e. The van der Waals surface area contributed by atoms with Crippen LogP contribution in [0.3, 0.4) is 0 Å². The van der Waals surface area contributed by atoms with Gasteiger partial charge in [0.1, 0.15) is 38.6 Å². The minimum atomic E-state index is -0.771. The first kappa shape index (κ1) is 35.8. The molecule has 0 N–H and O–H groups in total. The van der Waals surface area contributed by atoms with Gasteiger partial charge in [-0.15, -0.1) is 0 Å². The number of fused-ring (bicyclic) bond motifs is 3. The number of cyclic esters (lactones) is 2. The molecular weight excluding hydrogens is 648 g/mol. The highest BCUT2D eigenvalue weighted by Crippen LogP contribution is 2.55. The molecule has 1 aliphatic heterocycles. The van der Waals surface area contributed by atoms with E-state index in [0.29, 0.717) is 0 Å². The number of carbonyl (C=O) groups excluding carboxylic acids is 2. The molecule has 4 aromatic rings. The maximum absolute atomic E-state index is 14.1. The molecule has 264 valence electrons. The maximum atomic E-state index is 14.1. The van der Waals surface area contributed by atoms with E-state index in [1.807, 2.05) is 60.7 Å². The summed E-state index contributed by atoms with van der Waals surface area (Å²) in [4.78, 5) is 28.3. The summed E-state index contributed by atoms with van der Waals surface area (Å²) in [5, 5.41) is 0. The molecule has 12 nitrogen and oxygen atoms in total. The lowest BCUT2D eigenvalue weighted by atomic mass is 9.91. The predicted octanol–water partition coefficient (Wildman–Crippen LogP) is 5.90. The van der Waals surface area contributed by atoms with E-state index in [0.717, 1.165) is 11.1 Å². The summed E-state index contributed by atoms with van der Waals surface area (Å²) in [5.41, 5.74) is 1.89. The molecule has 0 radical (unpaired) electrons. The third-order valence-electron chi connectivity index (χ3n) is 8.17. The molecule has 0 aliphatic carbocycles. The van der Waals surface area contributed by atoms with Gasteiger partial charge in [-0.05, 0) is 23.3 Å². The summed E-state index contributed by atoms with van der Waals surface area (Å²) < 4.78 is 58.8. The molecule has 1 aliphatic rings. The van der Waals surface area contributed by atoms with Gasteiger partial charge in [0.2, 0.25) is 11.5 Å². The van der Waals surface area contributed by atoms with Gasteiger partial charge in [0.25, 0.3) is 0 Å². The van der Waals surface area contributed by atoms with E-state index in [-0.39, 0.29) is 83.2 Å². The van der Waals surface area contributed by atoms with Crippen molar-refractivity contribution >= 4 is 11.9 Å². The van der Waals surface area contributed by atoms with Crippen LogP contribution in [0.15, 0.2) is 72.8 Å². The molecule has 0 fully saturated rings. The zero-order valence-electron chi connectivity index (χ0n) is 28.8. The van der Waals surface area contributed by atoms with Crippen molar-refractivity contribution in [3.63, 3.8) is 0 Å². The van der Waals surface area contributed by atoms with Crippen LogP contribution in [0.2, 0.25) is 0 Å². The zero-order valence-corrected chi connectivity index (χ0v) is 28.8. The highest BCUT2D eigenvalue weighted by Gasteiger charge is 2.36. The Hall–Kier alpha value is -5.46. The van der Waals surface area contributed by atoms with E-state index in [9.17, 15) is 9.59 Å². The monoisotopic (exact) mass is 688 g/mol. The van der Waals surface area contributed by atoms with Crippen molar-refractivity contribution in [2.45, 2.75) is 25.4 Å². The second-order valence-corrected chi connectivity index (χ2v) is 11.0. The maximum Gasteiger partial charge on any atom is 0.339 e. The fourth-order valence-electron chi connectivity index (χ4n) is 5.60. The van der Waals surface area contributed by atoms with Gasteiger partial charge in [-0.2, -0.15) is 0 Å². The number of benzene rings is 4. The minimum absolute atomic E-state index is 0.0262. The number of hydrogen-bond donors (Lipinski definition) is 0. The van der Waals surface area contributed by atoms with Crippen molar-refractivity contribution in [1.29, 1.82) is 0 Å². The summed E-state index contributed by atoms with van der Waals surface area (Å²) in [6.07, 6.45) is -1.54. The van der Waals surface area contributed by atoms with Crippen LogP contribution in [0.25, 0.3) is 11.1 Å². The van der Waals surface area contributed by atoms with Crippen LogP contribution in [0.5, 0.6) is 34.5 Å². The average Bonchev–Trinajstić information content (AvgIpc) is 3.16. The van der Waals surface area contributed by atoms with Crippen molar-refractivity contribution in [1.82, 2.24) is 0 Å². The third kappa shape index (κ3) is 7.56. The first-order valence-corrected chi connectivity index (χ1v) is 15.7. The molecule has 0 amide bonds. The molecule has 4 aromatic carbocycles. The first-order valence-electron chi connectivity index (χ1n) is 15.7. The lowest BCUT2D eigenvalue weighted by molar-refractivity contribution is -0.0862. The summed E-state index contributed by atoms with van der Waals surface area (Å²) in [6, 6.07) is 21.9. The molecule has 0 saturated heterocycles. The lowest BCUT2D eigenvalue weighted by Gasteiger charge is -2.27. The topological polar surface area (TPSA) is 126 Å². The second-order valence-electron chi connectivity index (χ2n) is 11.0. The van der Waals surface area contributed by atoms with E-state index >= 15 is 0 Å². The molecule has 50 heavy (non-hydrogen) atoms. The standard InChI is InChI=1S/C38H40O12/c1-41-27-17-25-31(35(45-5)33(27)47-19-23-13-9-7-10-14-23)32-26(38(40)50-22-30(44-4)29(43-3)21-49-37(25)39)18-28(42-2)34(36(32)46-6)48-20-24-15-11-8-12-16-24/h7-18,29-30H,19-22H2,1-6H3/t29-,30-/m0/s1. The van der Waals surface area contributed by atoms with Gasteiger partial charge in [0.15, 0.2) is 23.0 Å². The molecule has 1 heterocycles. The van der Waals surface area contributed by atoms with Crippen LogP contribution in [-0.2, 0) is 32.2 Å². The number of rotatable bonds is 12. The minimum Gasteiger partial charge on any atom is -0.493 e. The highest BCUT2D eigenvalue weighted by molar-refractivity contribution is 6.08. The molecule has 2 atom stereocenters. The van der Waals surface area contributed by atoms with Gasteiger partial charge in [0.05, 0.1) is 39.6 Å². The SMILES string of the molecule is COc1cc2c(c(OC)c1OCc1ccccc1)-c1c(cc(OC)c(OCc3ccccc3)c1OC)C(=O)OC[C@H](OC)[C@@H](OC)COC2=O. The van der Waals surface area contributed by atoms with Crippen molar-refractivity contribution in [3.05, 3.63) is 95.1 Å². The van der Waals surface area contributed by atoms with E-state index in [2.05, 4.69) is 0 Å². The molecule has 12 heteroatoms. The van der Waals surface area contributed by atoms with Crippen LogP contribution >= 0.6 is 0 Å². The van der Waals surface area contributed by atoms with E-state index < -0.39 is 24.1 Å². The summed E-state index contributed by atoms with van der Waals surface area (Å²) in [6.45, 7) is -0.185. The molecule has 0 spiro atoms. The second kappa shape index (κ2) is 16.8. The molecule has 5 rings (SSSR count). The third-order valence-corrected chi connectivity index (χ3v) is 8.17. The smallest absolute Gasteiger partial charge is 0.339 e. The van der Waals surface area contributed by atoms with E-state index in [4.69, 9.17) is 47.4 Å². The Bertz CT molecular complexity index is 1640. The molecule has 0 bridgehead atoms. The van der Waals surface area contributed by atoms with Gasteiger partial charge in [-0.25, -0.2) is 9.59 Å². The van der Waals surface area contributed by atoms with Crippen molar-refractivity contribution in [3.8, 4) is 45.6 Å². The number of methoxy groups -OCH3 is 6. The van der Waals surface area contributed by atoms with Gasteiger partial charge in [-0.3, -0.25) is 0 Å². The molecule has 0 aromatic heterocycles. The quantitative estimate of drug-likeness (QED) is 0.165. The molecule has 0 unspecified atom stereocenters. The predicted molar refractivity (Wildman–Crippen MR) is 182 cm³/mol. The number of hydrogen-bond acceptors (Lipinski definition) is 12. The fourth-order valence-corrected chi connectivity index (χ4v) is 5.60. The van der Waals surface area contributed by atoms with Gasteiger partial charge in [-0.1, -0.05) is 60.7 Å². The van der Waals surface area contributed by atoms with Crippen LogP contribution < -0.4 is 28.4 Å². The molecule has 0 saturated carbocycles. The molecular formula is C38H40O12. The van der Waals surface area contributed by atoms with E-state index in [1.165, 1.54) is 54.8 Å². The summed E-state index contributed by atoms with van der Waals surface area (Å²) >= 11 is 0. The van der Waals surface area contributed by atoms with Crippen molar-refractivity contribution < 1.29 is 57.0 Å². The number of ether oxygens (including phenoxy) is 10. The van der Waals surface area contributed by atoms with Crippen LogP contribution in [0, 0.1) is 0 Å². The summed E-state index contributed by atoms with van der Waals surface area (Å²) in [7, 11) is 8.59. The Morgan fingerprint density at radius 2 is 0.920 bits per heavy atom. The first-order chi connectivity index (χ1) is 24.4. The fraction of sp³-hybridized carbons (Fsp3) is 0.316. The van der Waals surface area contributed by atoms with Crippen molar-refractivity contribution in [2.24, 2.45) is 0 Å². The number of esters is 2. The normalized spacial score (nSPS) is 16.0. The van der Waals surface area contributed by atoms with Crippen LogP contribution in [-0.4, -0.2) is 80.0 Å².